The number of nitrogens with one attached hydrogen (secondary N) is 2. The van der Waals surface area contributed by atoms with E-state index in [-0.39, 0.29) is 0 Å². The molecule has 2 N–H and O–H groups in total. The highest BCUT2D eigenvalue weighted by atomic mass is 16.5. The van der Waals surface area contributed by atoms with Crippen molar-refractivity contribution in [3.8, 4) is 0 Å². The molecule has 1 aliphatic heterocycles. The van der Waals surface area contributed by atoms with Crippen molar-refractivity contribution in [2.24, 2.45) is 16.3 Å². The standard InChI is InChI=1S/C20H40N4O/c1-4-12-24-13-7-18(8-14-24)16-22-19(21-5-2)23-17-20(9-6-10-20)11-15-25-3/h18H,4-17H2,1-3H3,(H2,21,22,23). The summed E-state index contributed by atoms with van der Waals surface area (Å²) in [4.78, 5) is 7.52. The Labute approximate surface area is 155 Å². The zero-order chi connectivity index (χ0) is 18.0. The Morgan fingerprint density at radius 3 is 2.52 bits per heavy atom. The molecule has 1 saturated carbocycles. The van der Waals surface area contributed by atoms with Crippen LogP contribution in [0.4, 0.5) is 0 Å². The van der Waals surface area contributed by atoms with Gasteiger partial charge >= 0.3 is 0 Å². The minimum absolute atomic E-state index is 0.393. The molecule has 0 aromatic rings. The van der Waals surface area contributed by atoms with E-state index in [0.29, 0.717) is 5.41 Å². The van der Waals surface area contributed by atoms with Gasteiger partial charge in [0, 0.05) is 33.4 Å². The number of piperidine rings is 1. The second-order valence-electron chi connectivity index (χ2n) is 7.96. The van der Waals surface area contributed by atoms with Crippen molar-refractivity contribution in [3.63, 3.8) is 0 Å². The quantitative estimate of drug-likeness (QED) is 0.469. The van der Waals surface area contributed by atoms with Gasteiger partial charge in [-0.2, -0.15) is 0 Å². The maximum atomic E-state index is 5.30. The second-order valence-corrected chi connectivity index (χ2v) is 7.96. The first-order valence-electron chi connectivity index (χ1n) is 10.4. The van der Waals surface area contributed by atoms with Gasteiger partial charge in [0.2, 0.25) is 0 Å². The van der Waals surface area contributed by atoms with E-state index in [0.717, 1.165) is 44.5 Å². The molecule has 5 heteroatoms. The summed E-state index contributed by atoms with van der Waals surface area (Å²) >= 11 is 0. The maximum Gasteiger partial charge on any atom is 0.191 e. The van der Waals surface area contributed by atoms with Crippen molar-refractivity contribution in [1.29, 1.82) is 0 Å². The molecule has 0 aromatic carbocycles. The SMILES string of the molecule is CCCN1CCC(CNC(=NCC2(CCOC)CCC2)NCC)CC1. The minimum Gasteiger partial charge on any atom is -0.385 e. The third-order valence-electron chi connectivity index (χ3n) is 5.97. The number of nitrogens with zero attached hydrogens (tertiary/aromatic N) is 2. The molecule has 1 heterocycles. The summed E-state index contributed by atoms with van der Waals surface area (Å²) in [6.45, 7) is 12.0. The van der Waals surface area contributed by atoms with Crippen molar-refractivity contribution in [1.82, 2.24) is 15.5 Å². The van der Waals surface area contributed by atoms with Gasteiger partial charge in [-0.15, -0.1) is 0 Å². The smallest absolute Gasteiger partial charge is 0.191 e. The molecule has 25 heavy (non-hydrogen) atoms. The Morgan fingerprint density at radius 1 is 1.20 bits per heavy atom. The molecule has 2 fully saturated rings. The lowest BCUT2D eigenvalue weighted by molar-refractivity contribution is 0.0778. The van der Waals surface area contributed by atoms with Crippen molar-refractivity contribution >= 4 is 5.96 Å². The van der Waals surface area contributed by atoms with E-state index in [1.54, 1.807) is 7.11 Å². The normalized spacial score (nSPS) is 21.8. The Bertz CT molecular complexity index is 387. The van der Waals surface area contributed by atoms with Gasteiger partial charge in [0.25, 0.3) is 0 Å². The molecular formula is C20H40N4O. The van der Waals surface area contributed by atoms with Gasteiger partial charge in [-0.1, -0.05) is 13.3 Å². The number of likely N-dealkylation sites (tertiary alicyclic amines) is 1. The largest absolute Gasteiger partial charge is 0.385 e. The summed E-state index contributed by atoms with van der Waals surface area (Å²) in [6, 6.07) is 0. The number of rotatable bonds is 10. The predicted molar refractivity (Wildman–Crippen MR) is 106 cm³/mol. The van der Waals surface area contributed by atoms with E-state index in [9.17, 15) is 0 Å². The van der Waals surface area contributed by atoms with Gasteiger partial charge in [0.05, 0.1) is 0 Å². The number of hydrogen-bond donors (Lipinski definition) is 2. The van der Waals surface area contributed by atoms with E-state index >= 15 is 0 Å². The van der Waals surface area contributed by atoms with Crippen molar-refractivity contribution in [2.75, 3.05) is 53.0 Å². The van der Waals surface area contributed by atoms with E-state index in [2.05, 4.69) is 29.4 Å². The van der Waals surface area contributed by atoms with Crippen LogP contribution in [0.25, 0.3) is 0 Å². The van der Waals surface area contributed by atoms with Gasteiger partial charge < -0.3 is 20.3 Å². The minimum atomic E-state index is 0.393. The number of guanidine groups is 1. The van der Waals surface area contributed by atoms with Crippen LogP contribution in [0.15, 0.2) is 4.99 Å². The first kappa shape index (κ1) is 20.5. The van der Waals surface area contributed by atoms with Crippen molar-refractivity contribution in [2.45, 2.75) is 58.8 Å². The summed E-state index contributed by atoms with van der Waals surface area (Å²) in [5, 5.41) is 7.03. The molecule has 1 saturated heterocycles. The van der Waals surface area contributed by atoms with Crippen molar-refractivity contribution < 1.29 is 4.74 Å². The summed E-state index contributed by atoms with van der Waals surface area (Å²) in [6.07, 6.45) is 8.98. The zero-order valence-electron chi connectivity index (χ0n) is 16.8. The molecule has 0 unspecified atom stereocenters. The fourth-order valence-electron chi connectivity index (χ4n) is 4.04. The number of aliphatic imine (C=N–C) groups is 1. The molecule has 2 rings (SSSR count). The summed E-state index contributed by atoms with van der Waals surface area (Å²) in [5.41, 5.74) is 0.393. The van der Waals surface area contributed by atoms with E-state index in [1.165, 1.54) is 58.2 Å². The number of ether oxygens (including phenoxy) is 1. The van der Waals surface area contributed by atoms with Gasteiger partial charge in [-0.05, 0) is 76.4 Å². The van der Waals surface area contributed by atoms with Gasteiger partial charge in [-0.3, -0.25) is 4.99 Å². The van der Waals surface area contributed by atoms with Crippen LogP contribution in [0.1, 0.15) is 58.8 Å². The van der Waals surface area contributed by atoms with Crippen LogP contribution in [-0.2, 0) is 4.74 Å². The van der Waals surface area contributed by atoms with Crippen LogP contribution < -0.4 is 10.6 Å². The fourth-order valence-corrected chi connectivity index (χ4v) is 4.04. The third-order valence-corrected chi connectivity index (χ3v) is 5.97. The average Bonchev–Trinajstić information content (AvgIpc) is 2.60. The predicted octanol–water partition coefficient (Wildman–Crippen LogP) is 2.87. The molecule has 0 bridgehead atoms. The molecule has 1 aliphatic carbocycles. The molecule has 0 aromatic heterocycles. The van der Waals surface area contributed by atoms with Crippen LogP contribution in [-0.4, -0.2) is 63.8 Å². The van der Waals surface area contributed by atoms with Gasteiger partial charge in [-0.25, -0.2) is 0 Å². The molecule has 0 atom stereocenters. The lowest BCUT2D eigenvalue weighted by Gasteiger charge is -2.41. The Hall–Kier alpha value is -0.810. The topological polar surface area (TPSA) is 48.9 Å². The zero-order valence-corrected chi connectivity index (χ0v) is 16.8. The Kier molecular flexibility index (Phi) is 9.04. The molecule has 0 radical (unpaired) electrons. The maximum absolute atomic E-state index is 5.30. The highest BCUT2D eigenvalue weighted by Gasteiger charge is 2.36. The Balaban J connectivity index is 1.76. The van der Waals surface area contributed by atoms with E-state index in [4.69, 9.17) is 9.73 Å². The van der Waals surface area contributed by atoms with Crippen LogP contribution in [0.2, 0.25) is 0 Å². The van der Waals surface area contributed by atoms with Crippen LogP contribution in [0, 0.1) is 11.3 Å². The number of hydrogen-bond acceptors (Lipinski definition) is 3. The van der Waals surface area contributed by atoms with Gasteiger partial charge in [0.1, 0.15) is 0 Å². The van der Waals surface area contributed by atoms with Crippen LogP contribution >= 0.6 is 0 Å². The Morgan fingerprint density at radius 2 is 1.96 bits per heavy atom. The summed E-state index contributed by atoms with van der Waals surface area (Å²) < 4.78 is 5.30. The monoisotopic (exact) mass is 352 g/mol. The molecule has 0 spiro atoms. The van der Waals surface area contributed by atoms with Crippen molar-refractivity contribution in [3.05, 3.63) is 0 Å². The molecule has 2 aliphatic rings. The number of methoxy groups -OCH3 is 1. The lowest BCUT2D eigenvalue weighted by atomic mass is 9.67. The third kappa shape index (κ3) is 6.78. The van der Waals surface area contributed by atoms with E-state index in [1.807, 2.05) is 0 Å². The second kappa shape index (κ2) is 11.0. The molecule has 146 valence electrons. The molecule has 0 amide bonds. The molecular weight excluding hydrogens is 312 g/mol. The highest BCUT2D eigenvalue weighted by molar-refractivity contribution is 5.79. The summed E-state index contributed by atoms with van der Waals surface area (Å²) in [5.74, 6) is 1.78. The fraction of sp³-hybridized carbons (Fsp3) is 0.950. The summed E-state index contributed by atoms with van der Waals surface area (Å²) in [7, 11) is 1.80. The van der Waals surface area contributed by atoms with Crippen LogP contribution in [0.3, 0.4) is 0 Å². The van der Waals surface area contributed by atoms with Gasteiger partial charge in [0.15, 0.2) is 5.96 Å². The highest BCUT2D eigenvalue weighted by Crippen LogP contribution is 2.44. The van der Waals surface area contributed by atoms with Crippen LogP contribution in [0.5, 0.6) is 0 Å². The first-order chi connectivity index (χ1) is 12.2. The lowest BCUT2D eigenvalue weighted by Crippen LogP contribution is -2.44. The first-order valence-corrected chi connectivity index (χ1v) is 10.4. The molecule has 5 nitrogen and oxygen atoms in total. The van der Waals surface area contributed by atoms with E-state index < -0.39 is 0 Å². The average molecular weight is 353 g/mol.